The van der Waals surface area contributed by atoms with Gasteiger partial charge in [-0.15, -0.1) is 0 Å². The first-order valence-corrected chi connectivity index (χ1v) is 10.2. The van der Waals surface area contributed by atoms with E-state index in [4.69, 9.17) is 4.74 Å². The molecular formula is C21H17N3O6S. The quantitative estimate of drug-likeness (QED) is 0.415. The van der Waals surface area contributed by atoms with Crippen molar-refractivity contribution in [3.05, 3.63) is 68.1 Å². The molecule has 2 aliphatic rings. The molecule has 2 N–H and O–H groups in total. The summed E-state index contributed by atoms with van der Waals surface area (Å²) in [7, 11) is 1.51. The van der Waals surface area contributed by atoms with Gasteiger partial charge in [0.2, 0.25) is 5.91 Å². The minimum atomic E-state index is -0.490. The number of non-ortho nitro benzene ring substituents is 1. The number of carbonyl (C=O) groups is 3. The number of nitro groups is 1. The van der Waals surface area contributed by atoms with E-state index >= 15 is 0 Å². The van der Waals surface area contributed by atoms with Crippen molar-refractivity contribution >= 4 is 45.8 Å². The molecule has 2 aliphatic heterocycles. The average Bonchev–Trinajstić information content (AvgIpc) is 3.09. The van der Waals surface area contributed by atoms with E-state index in [1.807, 2.05) is 0 Å². The Balaban J connectivity index is 1.85. The van der Waals surface area contributed by atoms with Gasteiger partial charge in [-0.3, -0.25) is 29.8 Å². The highest BCUT2D eigenvalue weighted by Gasteiger charge is 2.31. The van der Waals surface area contributed by atoms with Crippen molar-refractivity contribution in [3.8, 4) is 5.75 Å². The molecule has 9 nitrogen and oxygen atoms in total. The van der Waals surface area contributed by atoms with Crippen molar-refractivity contribution in [2.75, 3.05) is 12.4 Å². The van der Waals surface area contributed by atoms with E-state index in [0.29, 0.717) is 23.4 Å². The molecule has 0 radical (unpaired) electrons. The molecular weight excluding hydrogens is 422 g/mol. The highest BCUT2D eigenvalue weighted by Crippen LogP contribution is 2.42. The fraction of sp³-hybridized carbons (Fsp3) is 0.190. The topological polar surface area (TPSA) is 128 Å². The van der Waals surface area contributed by atoms with Crippen LogP contribution in [-0.2, 0) is 22.4 Å². The van der Waals surface area contributed by atoms with Crippen molar-refractivity contribution in [1.29, 1.82) is 0 Å². The molecule has 1 saturated heterocycles. The van der Waals surface area contributed by atoms with Crippen molar-refractivity contribution in [2.45, 2.75) is 19.3 Å². The lowest BCUT2D eigenvalue weighted by Gasteiger charge is -2.24. The van der Waals surface area contributed by atoms with Crippen molar-refractivity contribution in [1.82, 2.24) is 5.32 Å². The number of amides is 3. The predicted molar refractivity (Wildman–Crippen MR) is 115 cm³/mol. The standard InChI is InChI=1S/C21H17N3O6S/c1-30-16-8-6-13(14-7-9-17(25)22-18(14)16)15(19-20(26)23-21(27)31-19)10-11-2-4-12(5-3-11)24(28)29/h2-6,8H,7,9-10H2,1H3,(H,22,25)(H,23,26,27). The van der Waals surface area contributed by atoms with Crippen LogP contribution in [0.1, 0.15) is 23.1 Å². The zero-order chi connectivity index (χ0) is 22.1. The van der Waals surface area contributed by atoms with Crippen LogP contribution < -0.4 is 15.4 Å². The van der Waals surface area contributed by atoms with Gasteiger partial charge in [0.05, 0.1) is 22.6 Å². The van der Waals surface area contributed by atoms with Crippen LogP contribution in [0.2, 0.25) is 0 Å². The predicted octanol–water partition coefficient (Wildman–Crippen LogP) is 3.42. The summed E-state index contributed by atoms with van der Waals surface area (Å²) in [5.74, 6) is -0.113. The maximum absolute atomic E-state index is 12.5. The molecule has 4 rings (SSSR count). The summed E-state index contributed by atoms with van der Waals surface area (Å²) < 4.78 is 5.38. The summed E-state index contributed by atoms with van der Waals surface area (Å²) in [6.45, 7) is 0. The van der Waals surface area contributed by atoms with Crippen LogP contribution in [0.15, 0.2) is 41.3 Å². The first-order valence-electron chi connectivity index (χ1n) is 9.37. The largest absolute Gasteiger partial charge is 0.495 e. The molecule has 2 aromatic rings. The zero-order valence-electron chi connectivity index (χ0n) is 16.4. The fourth-order valence-electron chi connectivity index (χ4n) is 3.67. The lowest BCUT2D eigenvalue weighted by Crippen LogP contribution is -2.21. The summed E-state index contributed by atoms with van der Waals surface area (Å²) in [6.07, 6.45) is 1.00. The summed E-state index contributed by atoms with van der Waals surface area (Å²) in [6, 6.07) is 9.54. The summed E-state index contributed by atoms with van der Waals surface area (Å²) >= 11 is 0.818. The van der Waals surface area contributed by atoms with E-state index in [1.54, 1.807) is 24.3 Å². The number of fused-ring (bicyclic) bond motifs is 1. The second-order valence-corrected chi connectivity index (χ2v) is 7.95. The Morgan fingerprint density at radius 3 is 2.45 bits per heavy atom. The van der Waals surface area contributed by atoms with Crippen LogP contribution >= 0.6 is 11.8 Å². The summed E-state index contributed by atoms with van der Waals surface area (Å²) in [5, 5.41) is 15.6. The van der Waals surface area contributed by atoms with E-state index in [-0.39, 0.29) is 29.3 Å². The third-order valence-electron chi connectivity index (χ3n) is 5.10. The molecule has 0 spiro atoms. The van der Waals surface area contributed by atoms with Gasteiger partial charge in [-0.1, -0.05) is 18.2 Å². The first kappa shape index (κ1) is 20.6. The Morgan fingerprint density at radius 2 is 1.84 bits per heavy atom. The number of ether oxygens (including phenoxy) is 1. The molecule has 0 bridgehead atoms. The number of nitro benzene ring substituents is 1. The van der Waals surface area contributed by atoms with Crippen LogP contribution in [0, 0.1) is 10.1 Å². The summed E-state index contributed by atoms with van der Waals surface area (Å²) in [5.41, 5.74) is 3.40. The lowest BCUT2D eigenvalue weighted by atomic mass is 9.88. The van der Waals surface area contributed by atoms with Crippen LogP contribution in [0.4, 0.5) is 16.2 Å². The molecule has 0 atom stereocenters. The maximum atomic E-state index is 12.5. The van der Waals surface area contributed by atoms with Crippen LogP contribution in [0.25, 0.3) is 5.57 Å². The molecule has 1 fully saturated rings. The maximum Gasteiger partial charge on any atom is 0.290 e. The van der Waals surface area contributed by atoms with Crippen molar-refractivity contribution in [2.24, 2.45) is 0 Å². The van der Waals surface area contributed by atoms with Gasteiger partial charge < -0.3 is 10.1 Å². The number of hydrogen-bond acceptors (Lipinski definition) is 7. The number of hydrogen-bond donors (Lipinski definition) is 2. The Kier molecular flexibility index (Phi) is 5.47. The third kappa shape index (κ3) is 4.02. The minimum Gasteiger partial charge on any atom is -0.495 e. The number of nitrogens with zero attached hydrogens (tertiary/aromatic N) is 1. The second kappa shape index (κ2) is 8.23. The van der Waals surface area contributed by atoms with E-state index in [9.17, 15) is 24.5 Å². The number of benzene rings is 2. The van der Waals surface area contributed by atoms with Crippen LogP contribution in [0.5, 0.6) is 5.75 Å². The number of thioether (sulfide) groups is 1. The average molecular weight is 439 g/mol. The van der Waals surface area contributed by atoms with Crippen LogP contribution in [-0.4, -0.2) is 29.1 Å². The normalized spacial score (nSPS) is 17.0. The number of methoxy groups -OCH3 is 1. The lowest BCUT2D eigenvalue weighted by molar-refractivity contribution is -0.384. The third-order valence-corrected chi connectivity index (χ3v) is 6.03. The molecule has 158 valence electrons. The number of allylic oxidation sites excluding steroid dienone is 1. The van der Waals surface area contributed by atoms with E-state index < -0.39 is 16.1 Å². The highest BCUT2D eigenvalue weighted by atomic mass is 32.2. The Labute approximate surface area is 181 Å². The van der Waals surface area contributed by atoms with Crippen molar-refractivity contribution < 1.29 is 24.0 Å². The molecule has 10 heteroatoms. The highest BCUT2D eigenvalue weighted by molar-refractivity contribution is 8.18. The smallest absolute Gasteiger partial charge is 0.290 e. The Hall–Kier alpha value is -3.66. The molecule has 2 heterocycles. The van der Waals surface area contributed by atoms with Gasteiger partial charge in [0.15, 0.2) is 0 Å². The first-order chi connectivity index (χ1) is 14.9. The Bertz CT molecular complexity index is 1160. The number of imide groups is 1. The van der Waals surface area contributed by atoms with E-state index in [1.165, 1.54) is 19.2 Å². The van der Waals surface area contributed by atoms with Crippen molar-refractivity contribution in [3.63, 3.8) is 0 Å². The number of carbonyl (C=O) groups excluding carboxylic acids is 3. The number of rotatable bonds is 5. The van der Waals surface area contributed by atoms with E-state index in [2.05, 4.69) is 10.6 Å². The molecule has 3 amide bonds. The van der Waals surface area contributed by atoms with Gasteiger partial charge in [0, 0.05) is 18.6 Å². The van der Waals surface area contributed by atoms with Gasteiger partial charge in [0.1, 0.15) is 5.75 Å². The van der Waals surface area contributed by atoms with Gasteiger partial charge in [-0.05, 0) is 52.9 Å². The van der Waals surface area contributed by atoms with Gasteiger partial charge >= 0.3 is 0 Å². The molecule has 0 aromatic heterocycles. The molecule has 31 heavy (non-hydrogen) atoms. The fourth-order valence-corrected chi connectivity index (χ4v) is 4.44. The van der Waals surface area contributed by atoms with Gasteiger partial charge in [-0.2, -0.15) is 0 Å². The SMILES string of the molecule is COc1ccc(C(Cc2ccc([N+](=O)[O-])cc2)=C2SC(=O)NC2=O)c2c1NC(=O)CC2. The molecule has 0 saturated carbocycles. The minimum absolute atomic E-state index is 0.0364. The monoisotopic (exact) mass is 439 g/mol. The molecule has 2 aromatic carbocycles. The van der Waals surface area contributed by atoms with Crippen LogP contribution in [0.3, 0.4) is 0 Å². The van der Waals surface area contributed by atoms with Gasteiger partial charge in [0.25, 0.3) is 16.8 Å². The van der Waals surface area contributed by atoms with Gasteiger partial charge in [-0.25, -0.2) is 0 Å². The summed E-state index contributed by atoms with van der Waals surface area (Å²) in [4.78, 5) is 47.0. The number of nitrogens with one attached hydrogen (secondary N) is 2. The second-order valence-electron chi connectivity index (χ2n) is 6.97. The molecule has 0 unspecified atom stereocenters. The zero-order valence-corrected chi connectivity index (χ0v) is 17.2. The number of anilines is 1. The molecule has 0 aliphatic carbocycles. The Morgan fingerprint density at radius 1 is 1.10 bits per heavy atom. The van der Waals surface area contributed by atoms with E-state index in [0.717, 1.165) is 28.5 Å².